The van der Waals surface area contributed by atoms with Crippen LogP contribution >= 0.6 is 23.4 Å². The van der Waals surface area contributed by atoms with Crippen LogP contribution in [0.1, 0.15) is 5.56 Å². The van der Waals surface area contributed by atoms with Gasteiger partial charge in [0.1, 0.15) is 0 Å². The van der Waals surface area contributed by atoms with E-state index in [0.717, 1.165) is 17.8 Å². The number of alkyl halides is 3. The fourth-order valence-electron chi connectivity index (χ4n) is 0.964. The standard InChI is InChI=1S/C10H7ClF3S/c1-2-6-15-9-7(10(12,13)14)4-3-5-8(9)11/h2-4H,1,6H2. The third-order valence-corrected chi connectivity index (χ3v) is 3.08. The van der Waals surface area contributed by atoms with Gasteiger partial charge in [-0.25, -0.2) is 0 Å². The number of thioether (sulfide) groups is 1. The van der Waals surface area contributed by atoms with Crippen LogP contribution in [0.2, 0.25) is 5.02 Å². The van der Waals surface area contributed by atoms with Gasteiger partial charge in [-0.1, -0.05) is 23.7 Å². The minimum Gasteiger partial charge on any atom is -0.166 e. The van der Waals surface area contributed by atoms with Crippen molar-refractivity contribution in [3.05, 3.63) is 41.4 Å². The van der Waals surface area contributed by atoms with Crippen LogP contribution in [-0.2, 0) is 6.18 Å². The number of hydrogen-bond donors (Lipinski definition) is 0. The lowest BCUT2D eigenvalue weighted by atomic mass is 10.2. The maximum absolute atomic E-state index is 12.5. The van der Waals surface area contributed by atoms with Gasteiger partial charge in [-0.2, -0.15) is 13.2 Å². The van der Waals surface area contributed by atoms with Gasteiger partial charge in [0.2, 0.25) is 0 Å². The zero-order valence-corrected chi connectivity index (χ0v) is 9.14. The molecule has 0 saturated carbocycles. The number of benzene rings is 1. The first-order chi connectivity index (χ1) is 6.96. The highest BCUT2D eigenvalue weighted by Crippen LogP contribution is 2.40. The topological polar surface area (TPSA) is 0 Å². The normalized spacial score (nSPS) is 11.5. The molecule has 0 amide bonds. The average Bonchev–Trinajstić information content (AvgIpc) is 2.14. The third-order valence-electron chi connectivity index (χ3n) is 1.55. The molecule has 0 fully saturated rings. The lowest BCUT2D eigenvalue weighted by Crippen LogP contribution is -2.07. The van der Waals surface area contributed by atoms with Crippen molar-refractivity contribution in [2.24, 2.45) is 0 Å². The maximum atomic E-state index is 12.5. The molecule has 0 spiro atoms. The summed E-state index contributed by atoms with van der Waals surface area (Å²) in [6.45, 7) is 3.44. The van der Waals surface area contributed by atoms with Crippen molar-refractivity contribution >= 4 is 23.4 Å². The van der Waals surface area contributed by atoms with E-state index in [0.29, 0.717) is 5.75 Å². The molecule has 0 nitrogen and oxygen atoms in total. The van der Waals surface area contributed by atoms with Crippen LogP contribution in [0.3, 0.4) is 0 Å². The van der Waals surface area contributed by atoms with E-state index in [-0.39, 0.29) is 9.92 Å². The van der Waals surface area contributed by atoms with Crippen molar-refractivity contribution in [1.82, 2.24) is 0 Å². The third kappa shape index (κ3) is 3.18. The molecule has 1 aromatic carbocycles. The Morgan fingerprint density at radius 3 is 2.73 bits per heavy atom. The first-order valence-electron chi connectivity index (χ1n) is 3.98. The summed E-state index contributed by atoms with van der Waals surface area (Å²) in [5.74, 6) is 0.376. The summed E-state index contributed by atoms with van der Waals surface area (Å²) in [5, 5.41) is -0.00308. The zero-order chi connectivity index (χ0) is 11.5. The van der Waals surface area contributed by atoms with Crippen LogP contribution in [0.15, 0.2) is 29.7 Å². The molecule has 0 unspecified atom stereocenters. The van der Waals surface area contributed by atoms with Crippen molar-refractivity contribution in [3.8, 4) is 0 Å². The molecule has 5 heteroatoms. The predicted octanol–water partition coefficient (Wildman–Crippen LogP) is 4.44. The Hall–Kier alpha value is -0.610. The van der Waals surface area contributed by atoms with Crippen molar-refractivity contribution in [2.75, 3.05) is 5.75 Å². The van der Waals surface area contributed by atoms with E-state index in [1.807, 2.05) is 0 Å². The van der Waals surface area contributed by atoms with Crippen molar-refractivity contribution < 1.29 is 13.2 Å². The molecular formula is C10H7ClF3S. The smallest absolute Gasteiger partial charge is 0.166 e. The fraction of sp³-hybridized carbons (Fsp3) is 0.200. The molecule has 0 saturated heterocycles. The zero-order valence-electron chi connectivity index (χ0n) is 7.57. The van der Waals surface area contributed by atoms with Gasteiger partial charge in [0.25, 0.3) is 0 Å². The summed E-state index contributed by atoms with van der Waals surface area (Å²) in [6, 6.07) is 4.67. The van der Waals surface area contributed by atoms with E-state index >= 15 is 0 Å². The molecule has 0 aliphatic rings. The minimum atomic E-state index is -4.39. The molecule has 0 aliphatic heterocycles. The van der Waals surface area contributed by atoms with Gasteiger partial charge in [0.05, 0.1) is 10.6 Å². The van der Waals surface area contributed by atoms with Crippen molar-refractivity contribution in [2.45, 2.75) is 11.1 Å². The number of halogens is 4. The number of hydrogen-bond acceptors (Lipinski definition) is 1. The first-order valence-corrected chi connectivity index (χ1v) is 5.34. The molecule has 0 aliphatic carbocycles. The van der Waals surface area contributed by atoms with Gasteiger partial charge >= 0.3 is 6.18 Å². The fourth-order valence-corrected chi connectivity index (χ4v) is 2.10. The van der Waals surface area contributed by atoms with E-state index < -0.39 is 11.7 Å². The maximum Gasteiger partial charge on any atom is 0.417 e. The molecule has 1 radical (unpaired) electrons. The average molecular weight is 252 g/mol. The Morgan fingerprint density at radius 2 is 2.20 bits per heavy atom. The van der Waals surface area contributed by atoms with Gasteiger partial charge in [-0.3, -0.25) is 0 Å². The van der Waals surface area contributed by atoms with E-state index in [1.165, 1.54) is 12.1 Å². The van der Waals surface area contributed by atoms with Gasteiger partial charge in [0, 0.05) is 16.7 Å². The number of rotatable bonds is 3. The Bertz CT molecular complexity index is 360. The first kappa shape index (κ1) is 12.5. The van der Waals surface area contributed by atoms with Gasteiger partial charge in [0.15, 0.2) is 0 Å². The molecule has 15 heavy (non-hydrogen) atoms. The molecule has 0 N–H and O–H groups in total. The largest absolute Gasteiger partial charge is 0.417 e. The van der Waals surface area contributed by atoms with E-state index in [2.05, 4.69) is 12.6 Å². The quantitative estimate of drug-likeness (QED) is 0.565. The van der Waals surface area contributed by atoms with Crippen molar-refractivity contribution in [1.29, 1.82) is 0 Å². The molecule has 1 rings (SSSR count). The van der Waals surface area contributed by atoms with E-state index in [1.54, 1.807) is 0 Å². The van der Waals surface area contributed by atoms with E-state index in [4.69, 9.17) is 11.6 Å². The van der Waals surface area contributed by atoms with Crippen LogP contribution in [0.5, 0.6) is 0 Å². The van der Waals surface area contributed by atoms with Crippen LogP contribution in [-0.4, -0.2) is 5.75 Å². The molecule has 0 atom stereocenters. The van der Waals surface area contributed by atoms with Gasteiger partial charge in [-0.15, -0.1) is 18.3 Å². The highest BCUT2D eigenvalue weighted by Gasteiger charge is 2.34. The van der Waals surface area contributed by atoms with E-state index in [9.17, 15) is 13.2 Å². The van der Waals surface area contributed by atoms with Crippen LogP contribution in [0.25, 0.3) is 0 Å². The second-order valence-corrected chi connectivity index (χ2v) is 4.04. The molecule has 81 valence electrons. The minimum absolute atomic E-state index is 0.00308. The SMILES string of the molecule is C=CCSc1c(Cl)[c]ccc1C(F)(F)F. The van der Waals surface area contributed by atoms with Crippen LogP contribution < -0.4 is 0 Å². The monoisotopic (exact) mass is 251 g/mol. The Kier molecular flexibility index (Phi) is 4.11. The van der Waals surface area contributed by atoms with Gasteiger partial charge < -0.3 is 0 Å². The predicted molar refractivity (Wildman–Crippen MR) is 56.2 cm³/mol. The summed E-state index contributed by atoms with van der Waals surface area (Å²) in [5.41, 5.74) is -0.724. The second-order valence-electron chi connectivity index (χ2n) is 2.63. The molecule has 1 aromatic rings. The Morgan fingerprint density at radius 1 is 1.53 bits per heavy atom. The van der Waals surface area contributed by atoms with Crippen LogP contribution in [0, 0.1) is 6.07 Å². The van der Waals surface area contributed by atoms with Crippen LogP contribution in [0.4, 0.5) is 13.2 Å². The molecule has 0 heterocycles. The highest BCUT2D eigenvalue weighted by molar-refractivity contribution is 7.99. The lowest BCUT2D eigenvalue weighted by molar-refractivity contribution is -0.139. The molecular weight excluding hydrogens is 245 g/mol. The van der Waals surface area contributed by atoms with Gasteiger partial charge in [-0.05, 0) is 6.07 Å². The summed E-state index contributed by atoms with van der Waals surface area (Å²) < 4.78 is 37.6. The van der Waals surface area contributed by atoms with Crippen molar-refractivity contribution in [3.63, 3.8) is 0 Å². The summed E-state index contributed by atoms with van der Waals surface area (Å²) >= 11 is 6.66. The Balaban J connectivity index is 3.14. The highest BCUT2D eigenvalue weighted by atomic mass is 35.5. The summed E-state index contributed by atoms with van der Waals surface area (Å²) in [6.07, 6.45) is -2.86. The summed E-state index contributed by atoms with van der Waals surface area (Å²) in [4.78, 5) is 0.00608. The lowest BCUT2D eigenvalue weighted by Gasteiger charge is -2.12. The molecule has 0 aromatic heterocycles. The Labute approximate surface area is 95.1 Å². The molecule has 0 bridgehead atoms. The second kappa shape index (κ2) is 4.94. The summed E-state index contributed by atoms with van der Waals surface area (Å²) in [7, 11) is 0.